The number of aromatic nitrogens is 2. The van der Waals surface area contributed by atoms with E-state index in [0.29, 0.717) is 11.4 Å². The number of amides is 1. The fourth-order valence-electron chi connectivity index (χ4n) is 3.35. The monoisotopic (exact) mass is 453 g/mol. The van der Waals surface area contributed by atoms with Gasteiger partial charge in [-0.25, -0.2) is 0 Å². The maximum atomic E-state index is 12.8. The molecule has 1 unspecified atom stereocenters. The van der Waals surface area contributed by atoms with Crippen molar-refractivity contribution in [3.63, 3.8) is 0 Å². The number of nitrogens with zero attached hydrogens (tertiary/aromatic N) is 4. The quantitative estimate of drug-likeness (QED) is 0.385. The van der Waals surface area contributed by atoms with E-state index >= 15 is 0 Å². The lowest BCUT2D eigenvalue weighted by Gasteiger charge is -2.14. The minimum absolute atomic E-state index is 0.0840. The summed E-state index contributed by atoms with van der Waals surface area (Å²) >= 11 is 0. The van der Waals surface area contributed by atoms with Gasteiger partial charge < -0.3 is 10.1 Å². The van der Waals surface area contributed by atoms with Crippen molar-refractivity contribution in [2.24, 2.45) is 5.92 Å². The molecular formula is C22H23N5O6. The number of rotatable bonds is 8. The molecule has 0 saturated heterocycles. The van der Waals surface area contributed by atoms with Crippen LogP contribution in [0.1, 0.15) is 23.9 Å². The summed E-state index contributed by atoms with van der Waals surface area (Å²) in [5, 5.41) is 29.4. The average Bonchev–Trinajstić information content (AvgIpc) is 3.02. The second-order valence-corrected chi connectivity index (χ2v) is 7.69. The highest BCUT2D eigenvalue weighted by Crippen LogP contribution is 2.31. The first-order valence-electron chi connectivity index (χ1n) is 10.1. The summed E-state index contributed by atoms with van der Waals surface area (Å²) in [5.41, 5.74) is 1.34. The first-order chi connectivity index (χ1) is 15.6. The summed E-state index contributed by atoms with van der Waals surface area (Å²) in [4.78, 5) is 34.3. The van der Waals surface area contributed by atoms with Gasteiger partial charge in [0.15, 0.2) is 0 Å². The Bertz CT molecular complexity index is 1240. The number of non-ortho nitro benzene ring substituents is 1. The zero-order valence-electron chi connectivity index (χ0n) is 18.6. The molecule has 0 bridgehead atoms. The van der Waals surface area contributed by atoms with E-state index in [2.05, 4.69) is 10.4 Å². The number of para-hydroxylation sites is 1. The van der Waals surface area contributed by atoms with Gasteiger partial charge in [0.25, 0.3) is 5.69 Å². The van der Waals surface area contributed by atoms with E-state index < -0.39 is 21.7 Å². The van der Waals surface area contributed by atoms with E-state index in [1.54, 1.807) is 26.0 Å². The number of hydrogen-bond donors (Lipinski definition) is 1. The normalized spacial score (nSPS) is 11.6. The molecule has 3 rings (SSSR count). The van der Waals surface area contributed by atoms with Gasteiger partial charge in [0.2, 0.25) is 5.91 Å². The minimum atomic E-state index is -0.623. The summed E-state index contributed by atoms with van der Waals surface area (Å²) in [5.74, 6) is -0.305. The molecule has 11 nitrogen and oxygen atoms in total. The van der Waals surface area contributed by atoms with Crippen LogP contribution in [0.15, 0.2) is 42.5 Å². The minimum Gasteiger partial charge on any atom is -0.457 e. The number of hydrogen-bond acceptors (Lipinski definition) is 7. The number of benzene rings is 2. The molecule has 3 aromatic rings. The van der Waals surface area contributed by atoms with Crippen LogP contribution in [0.3, 0.4) is 0 Å². The van der Waals surface area contributed by atoms with Gasteiger partial charge in [0, 0.05) is 12.1 Å². The molecule has 0 radical (unpaired) electrons. The Morgan fingerprint density at radius 3 is 2.42 bits per heavy atom. The molecule has 1 amide bonds. The highest BCUT2D eigenvalue weighted by atomic mass is 16.6. The predicted molar refractivity (Wildman–Crippen MR) is 120 cm³/mol. The molecule has 0 saturated carbocycles. The number of anilines is 1. The van der Waals surface area contributed by atoms with Crippen LogP contribution in [0.2, 0.25) is 0 Å². The topological polar surface area (TPSA) is 142 Å². The number of carbonyl (C=O) groups is 1. The van der Waals surface area contributed by atoms with Crippen LogP contribution in [0, 0.1) is 46.9 Å². The maximum Gasteiger partial charge on any atom is 0.312 e. The fourth-order valence-corrected chi connectivity index (χ4v) is 3.35. The summed E-state index contributed by atoms with van der Waals surface area (Å²) < 4.78 is 7.21. The van der Waals surface area contributed by atoms with Crippen LogP contribution in [0.4, 0.5) is 17.1 Å². The summed E-state index contributed by atoms with van der Waals surface area (Å²) in [7, 11) is 0. The summed E-state index contributed by atoms with van der Waals surface area (Å²) in [6.07, 6.45) is 0. The SMILES string of the molecule is Cc1ccccc1Oc1cc(NC(=O)C(C)Cn2nc(C)c([N+](=O)[O-])c2C)cc([N+](=O)[O-])c1. The molecule has 0 fully saturated rings. The standard InChI is InChI=1S/C22H23N5O6/c1-13-7-5-6-8-20(13)33-19-10-17(9-18(11-19)26(29)30)23-22(28)14(2)12-25-16(4)21(27(31)32)15(3)24-25/h5-11,14H,12H2,1-4H3,(H,23,28). The zero-order chi connectivity index (χ0) is 24.3. The van der Waals surface area contributed by atoms with Gasteiger partial charge in [-0.15, -0.1) is 0 Å². The van der Waals surface area contributed by atoms with Crippen LogP contribution < -0.4 is 10.1 Å². The van der Waals surface area contributed by atoms with Crippen molar-refractivity contribution in [1.82, 2.24) is 9.78 Å². The molecule has 172 valence electrons. The van der Waals surface area contributed by atoms with E-state index in [4.69, 9.17) is 4.74 Å². The van der Waals surface area contributed by atoms with Gasteiger partial charge in [-0.05, 0) is 32.4 Å². The van der Waals surface area contributed by atoms with E-state index in [1.807, 2.05) is 19.1 Å². The van der Waals surface area contributed by atoms with Crippen molar-refractivity contribution in [3.05, 3.63) is 79.6 Å². The molecule has 33 heavy (non-hydrogen) atoms. The smallest absolute Gasteiger partial charge is 0.312 e. The second kappa shape index (κ2) is 9.47. The fraction of sp³-hybridized carbons (Fsp3) is 0.273. The number of aryl methyl sites for hydroxylation is 2. The molecule has 11 heteroatoms. The van der Waals surface area contributed by atoms with Gasteiger partial charge in [-0.3, -0.25) is 29.7 Å². The van der Waals surface area contributed by atoms with Crippen molar-refractivity contribution in [1.29, 1.82) is 0 Å². The predicted octanol–water partition coefficient (Wildman–Crippen LogP) is 4.69. The van der Waals surface area contributed by atoms with E-state index in [1.165, 1.54) is 29.8 Å². The molecule has 0 aliphatic rings. The van der Waals surface area contributed by atoms with Crippen molar-refractivity contribution >= 4 is 23.0 Å². The third kappa shape index (κ3) is 5.32. The van der Waals surface area contributed by atoms with E-state index in [0.717, 1.165) is 5.56 Å². The van der Waals surface area contributed by atoms with Gasteiger partial charge in [0.05, 0.1) is 34.1 Å². The van der Waals surface area contributed by atoms with E-state index in [9.17, 15) is 25.0 Å². The Hall–Kier alpha value is -4.28. The van der Waals surface area contributed by atoms with Crippen LogP contribution in [-0.4, -0.2) is 25.5 Å². The molecule has 1 heterocycles. The van der Waals surface area contributed by atoms with Gasteiger partial charge in [-0.1, -0.05) is 25.1 Å². The Kier molecular flexibility index (Phi) is 6.71. The lowest BCUT2D eigenvalue weighted by atomic mass is 10.1. The van der Waals surface area contributed by atoms with Crippen molar-refractivity contribution < 1.29 is 19.4 Å². The van der Waals surface area contributed by atoms with Crippen LogP contribution in [-0.2, 0) is 11.3 Å². The number of nitro groups is 2. The molecule has 1 atom stereocenters. The van der Waals surface area contributed by atoms with E-state index in [-0.39, 0.29) is 35.1 Å². The largest absolute Gasteiger partial charge is 0.457 e. The zero-order valence-corrected chi connectivity index (χ0v) is 18.6. The van der Waals surface area contributed by atoms with Crippen molar-refractivity contribution in [3.8, 4) is 11.5 Å². The number of ether oxygens (including phenoxy) is 1. The highest BCUT2D eigenvalue weighted by molar-refractivity contribution is 5.92. The Morgan fingerprint density at radius 1 is 1.12 bits per heavy atom. The first kappa shape index (κ1) is 23.4. The maximum absolute atomic E-state index is 12.8. The number of nitrogens with one attached hydrogen (secondary N) is 1. The molecule has 2 aromatic carbocycles. The lowest BCUT2D eigenvalue weighted by molar-refractivity contribution is -0.386. The van der Waals surface area contributed by atoms with Gasteiger partial charge in [-0.2, -0.15) is 5.10 Å². The molecule has 1 aromatic heterocycles. The third-order valence-corrected chi connectivity index (χ3v) is 5.11. The van der Waals surface area contributed by atoms with Crippen LogP contribution in [0.25, 0.3) is 0 Å². The summed E-state index contributed by atoms with van der Waals surface area (Å²) in [6, 6.07) is 11.2. The number of nitro benzene ring substituents is 1. The second-order valence-electron chi connectivity index (χ2n) is 7.69. The Morgan fingerprint density at radius 2 is 1.82 bits per heavy atom. The average molecular weight is 453 g/mol. The first-order valence-corrected chi connectivity index (χ1v) is 10.1. The van der Waals surface area contributed by atoms with Gasteiger partial charge in [0.1, 0.15) is 22.9 Å². The highest BCUT2D eigenvalue weighted by Gasteiger charge is 2.24. The van der Waals surface area contributed by atoms with Crippen LogP contribution in [0.5, 0.6) is 11.5 Å². The Balaban J connectivity index is 1.80. The van der Waals surface area contributed by atoms with Crippen molar-refractivity contribution in [2.75, 3.05) is 5.32 Å². The third-order valence-electron chi connectivity index (χ3n) is 5.11. The summed E-state index contributed by atoms with van der Waals surface area (Å²) in [6.45, 7) is 6.69. The van der Waals surface area contributed by atoms with Gasteiger partial charge >= 0.3 is 5.69 Å². The molecule has 0 aliphatic carbocycles. The lowest BCUT2D eigenvalue weighted by Crippen LogP contribution is -2.25. The number of carbonyl (C=O) groups excluding carboxylic acids is 1. The van der Waals surface area contributed by atoms with Crippen LogP contribution >= 0.6 is 0 Å². The molecular weight excluding hydrogens is 430 g/mol. The molecule has 0 spiro atoms. The molecule has 0 aliphatic heterocycles. The van der Waals surface area contributed by atoms with Crippen molar-refractivity contribution in [2.45, 2.75) is 34.2 Å². The molecule has 1 N–H and O–H groups in total. The Labute approximate surface area is 189 Å².